The molecule has 4 nitrogen and oxygen atoms in total. The Kier molecular flexibility index (Phi) is 61.7. The number of hydrogen-bond donors (Lipinski definition) is 3. The van der Waals surface area contributed by atoms with Crippen LogP contribution in [-0.4, -0.2) is 34.9 Å². The highest BCUT2D eigenvalue weighted by Gasteiger charge is 2.18. The molecule has 0 spiro atoms. The third kappa shape index (κ3) is 59.0. The van der Waals surface area contributed by atoms with Gasteiger partial charge in [-0.15, -0.1) is 0 Å². The van der Waals surface area contributed by atoms with Crippen molar-refractivity contribution in [2.75, 3.05) is 6.61 Å². The number of carbonyl (C=O) groups is 1. The van der Waals surface area contributed by atoms with Crippen molar-refractivity contribution in [3.63, 3.8) is 0 Å². The molecule has 0 rings (SSSR count). The van der Waals surface area contributed by atoms with Gasteiger partial charge in [0.05, 0.1) is 18.8 Å². The standard InChI is InChI=1S/C68H127NO3/c1-3-5-7-9-11-13-15-17-19-21-23-25-26-27-28-29-30-31-32-33-34-35-36-37-38-39-40-41-42-44-46-48-50-52-54-56-58-60-62-64-68(72)69-66(65-70)67(71)63-61-59-57-55-53-51-49-47-45-43-24-22-20-18-16-14-12-10-8-6-4-2/h15,17,21,23,26-27,53,55,61,63,66-67,70-71H,3-14,16,18-20,22,24-25,28-52,54,56-60,62,64-65H2,1-2H3,(H,69,72)/b17-15-,23-21-,27-26-,55-53+,63-61+. The zero-order chi connectivity index (χ0) is 52.0. The molecular formula is C68H127NO3. The van der Waals surface area contributed by atoms with Crippen LogP contribution in [0.1, 0.15) is 348 Å². The number of amides is 1. The van der Waals surface area contributed by atoms with E-state index in [9.17, 15) is 15.0 Å². The van der Waals surface area contributed by atoms with Gasteiger partial charge in [0, 0.05) is 6.42 Å². The number of aliphatic hydroxyl groups excluding tert-OH is 2. The Bertz CT molecular complexity index is 1190. The van der Waals surface area contributed by atoms with E-state index in [2.05, 4.69) is 67.8 Å². The van der Waals surface area contributed by atoms with Crippen molar-refractivity contribution in [2.45, 2.75) is 360 Å². The van der Waals surface area contributed by atoms with E-state index in [0.717, 1.165) is 44.9 Å². The lowest BCUT2D eigenvalue weighted by atomic mass is 10.0. The second kappa shape index (κ2) is 63.4. The number of allylic oxidation sites excluding steroid dienone is 9. The molecule has 0 saturated heterocycles. The minimum Gasteiger partial charge on any atom is -0.394 e. The van der Waals surface area contributed by atoms with E-state index in [1.165, 1.54) is 283 Å². The fourth-order valence-electron chi connectivity index (χ4n) is 10.0. The second-order valence-electron chi connectivity index (χ2n) is 22.2. The Morgan fingerprint density at radius 3 is 0.903 bits per heavy atom. The summed E-state index contributed by atoms with van der Waals surface area (Å²) in [4.78, 5) is 12.5. The zero-order valence-corrected chi connectivity index (χ0v) is 48.7. The van der Waals surface area contributed by atoms with E-state index in [-0.39, 0.29) is 12.5 Å². The SMILES string of the molecule is CCCCCCC/C=C\C/C=C\C/C=C\CCCCCCCCCCCCCCCCCCCCCCCCCCC(=O)NC(CO)C(O)/C=C/CC/C=C/CCCCCCCCCCCCCCCCC. The molecule has 0 heterocycles. The van der Waals surface area contributed by atoms with Crippen molar-refractivity contribution < 1.29 is 15.0 Å². The quantitative estimate of drug-likeness (QED) is 0.0420. The Morgan fingerprint density at radius 1 is 0.333 bits per heavy atom. The number of rotatable bonds is 60. The molecule has 72 heavy (non-hydrogen) atoms. The van der Waals surface area contributed by atoms with Crippen LogP contribution in [0.25, 0.3) is 0 Å². The van der Waals surface area contributed by atoms with Crippen LogP contribution < -0.4 is 5.32 Å². The smallest absolute Gasteiger partial charge is 0.220 e. The minimum absolute atomic E-state index is 0.0681. The van der Waals surface area contributed by atoms with Crippen molar-refractivity contribution in [2.24, 2.45) is 0 Å². The van der Waals surface area contributed by atoms with Crippen molar-refractivity contribution in [3.8, 4) is 0 Å². The summed E-state index contributed by atoms with van der Waals surface area (Å²) < 4.78 is 0. The molecule has 2 unspecified atom stereocenters. The predicted molar refractivity (Wildman–Crippen MR) is 322 cm³/mol. The highest BCUT2D eigenvalue weighted by molar-refractivity contribution is 5.76. The van der Waals surface area contributed by atoms with Crippen LogP contribution in [0.4, 0.5) is 0 Å². The van der Waals surface area contributed by atoms with Gasteiger partial charge >= 0.3 is 0 Å². The fourth-order valence-corrected chi connectivity index (χ4v) is 10.0. The minimum atomic E-state index is -0.863. The lowest BCUT2D eigenvalue weighted by Crippen LogP contribution is -2.45. The van der Waals surface area contributed by atoms with E-state index in [1.54, 1.807) is 6.08 Å². The molecule has 0 aromatic carbocycles. The van der Waals surface area contributed by atoms with E-state index in [4.69, 9.17) is 0 Å². The molecule has 0 fully saturated rings. The number of aliphatic hydroxyl groups is 2. The number of nitrogens with one attached hydrogen (secondary N) is 1. The molecule has 0 saturated carbocycles. The first-order valence-corrected chi connectivity index (χ1v) is 32.5. The predicted octanol–water partition coefficient (Wildman–Crippen LogP) is 21.9. The highest BCUT2D eigenvalue weighted by Crippen LogP contribution is 2.18. The first kappa shape index (κ1) is 70.1. The first-order chi connectivity index (χ1) is 35.7. The monoisotopic (exact) mass is 1010 g/mol. The summed E-state index contributed by atoms with van der Waals surface area (Å²) in [6, 6.07) is -0.640. The topological polar surface area (TPSA) is 69.6 Å². The van der Waals surface area contributed by atoms with Crippen molar-refractivity contribution in [1.82, 2.24) is 5.32 Å². The molecule has 2 atom stereocenters. The molecule has 3 N–H and O–H groups in total. The van der Waals surface area contributed by atoms with Crippen LogP contribution in [0.3, 0.4) is 0 Å². The molecule has 0 aliphatic heterocycles. The molecular weight excluding hydrogens is 879 g/mol. The van der Waals surface area contributed by atoms with E-state index in [1.807, 2.05) is 6.08 Å². The normalized spacial score (nSPS) is 13.1. The number of carbonyl (C=O) groups excluding carboxylic acids is 1. The molecule has 0 aliphatic rings. The van der Waals surface area contributed by atoms with Gasteiger partial charge in [-0.1, -0.05) is 331 Å². The average Bonchev–Trinajstić information content (AvgIpc) is 3.39. The number of hydrogen-bond acceptors (Lipinski definition) is 3. The summed E-state index contributed by atoms with van der Waals surface area (Å²) in [6.45, 7) is 4.32. The Balaban J connectivity index is 3.44. The number of unbranched alkanes of at least 4 members (excludes halogenated alkanes) is 45. The Hall–Kier alpha value is -1.91. The second-order valence-corrected chi connectivity index (χ2v) is 22.2. The van der Waals surface area contributed by atoms with Crippen molar-refractivity contribution in [3.05, 3.63) is 60.8 Å². The lowest BCUT2D eigenvalue weighted by molar-refractivity contribution is -0.123. The van der Waals surface area contributed by atoms with Gasteiger partial charge in [-0.2, -0.15) is 0 Å². The summed E-state index contributed by atoms with van der Waals surface area (Å²) in [7, 11) is 0. The third-order valence-electron chi connectivity index (χ3n) is 15.0. The van der Waals surface area contributed by atoms with Gasteiger partial charge in [-0.05, 0) is 70.6 Å². The van der Waals surface area contributed by atoms with Gasteiger partial charge in [0.2, 0.25) is 5.91 Å². The molecule has 0 bridgehead atoms. The van der Waals surface area contributed by atoms with Crippen LogP contribution in [-0.2, 0) is 4.79 Å². The van der Waals surface area contributed by atoms with Crippen LogP contribution in [0.2, 0.25) is 0 Å². The molecule has 1 amide bonds. The maximum Gasteiger partial charge on any atom is 0.220 e. The summed E-state index contributed by atoms with van der Waals surface area (Å²) >= 11 is 0. The van der Waals surface area contributed by atoms with E-state index >= 15 is 0 Å². The van der Waals surface area contributed by atoms with Gasteiger partial charge in [0.25, 0.3) is 0 Å². The lowest BCUT2D eigenvalue weighted by Gasteiger charge is -2.19. The third-order valence-corrected chi connectivity index (χ3v) is 15.0. The largest absolute Gasteiger partial charge is 0.394 e. The van der Waals surface area contributed by atoms with Crippen molar-refractivity contribution >= 4 is 5.91 Å². The summed E-state index contributed by atoms with van der Waals surface area (Å²) in [6.07, 6.45) is 90.0. The van der Waals surface area contributed by atoms with E-state index < -0.39 is 12.1 Å². The van der Waals surface area contributed by atoms with Gasteiger partial charge in [-0.3, -0.25) is 4.79 Å². The molecule has 0 aliphatic carbocycles. The van der Waals surface area contributed by atoms with Gasteiger partial charge < -0.3 is 15.5 Å². The van der Waals surface area contributed by atoms with Crippen molar-refractivity contribution in [1.29, 1.82) is 0 Å². The Labute approximate surface area is 451 Å². The maximum atomic E-state index is 12.5. The summed E-state index contributed by atoms with van der Waals surface area (Å²) in [5, 5.41) is 23.2. The molecule has 0 aromatic heterocycles. The van der Waals surface area contributed by atoms with Crippen LogP contribution in [0.5, 0.6) is 0 Å². The van der Waals surface area contributed by atoms with Gasteiger partial charge in [0.15, 0.2) is 0 Å². The van der Waals surface area contributed by atoms with Gasteiger partial charge in [0.1, 0.15) is 0 Å². The highest BCUT2D eigenvalue weighted by atomic mass is 16.3. The first-order valence-electron chi connectivity index (χ1n) is 32.5. The van der Waals surface area contributed by atoms with Crippen LogP contribution >= 0.6 is 0 Å². The zero-order valence-electron chi connectivity index (χ0n) is 48.7. The molecule has 422 valence electrons. The average molecular weight is 1010 g/mol. The van der Waals surface area contributed by atoms with E-state index in [0.29, 0.717) is 6.42 Å². The Morgan fingerprint density at radius 2 is 0.583 bits per heavy atom. The maximum absolute atomic E-state index is 12.5. The summed E-state index contributed by atoms with van der Waals surface area (Å²) in [5.74, 6) is -0.0681. The van der Waals surface area contributed by atoms with Gasteiger partial charge in [-0.25, -0.2) is 0 Å². The molecule has 0 aromatic rings. The molecule has 0 radical (unpaired) electrons. The van der Waals surface area contributed by atoms with Crippen LogP contribution in [0, 0.1) is 0 Å². The molecule has 4 heteroatoms. The van der Waals surface area contributed by atoms with Crippen LogP contribution in [0.15, 0.2) is 60.8 Å². The summed E-state index contributed by atoms with van der Waals surface area (Å²) in [5.41, 5.74) is 0. The fraction of sp³-hybridized carbons (Fsp3) is 0.838.